The van der Waals surface area contributed by atoms with Gasteiger partial charge in [0, 0.05) is 12.8 Å². The predicted octanol–water partition coefficient (Wildman–Crippen LogP) is 2.78. The van der Waals surface area contributed by atoms with Gasteiger partial charge in [-0.2, -0.15) is 13.2 Å². The van der Waals surface area contributed by atoms with Crippen molar-refractivity contribution in [2.24, 2.45) is 17.3 Å². The molecule has 5 unspecified atom stereocenters. The van der Waals surface area contributed by atoms with Crippen LogP contribution in [0.5, 0.6) is 0 Å². The zero-order valence-electron chi connectivity index (χ0n) is 15.1. The lowest BCUT2D eigenvalue weighted by Gasteiger charge is -2.33. The molecule has 148 valence electrons. The topological polar surface area (TPSA) is 78.9 Å². The van der Waals surface area contributed by atoms with Crippen LogP contribution >= 0.6 is 0 Å². The highest BCUT2D eigenvalue weighted by Gasteiger charge is 2.54. The molecule has 26 heavy (non-hydrogen) atoms. The van der Waals surface area contributed by atoms with Crippen LogP contribution in [0.1, 0.15) is 47.0 Å². The Hall–Kier alpha value is -1.80. The molecule has 6 nitrogen and oxygen atoms in total. The lowest BCUT2D eigenvalue weighted by molar-refractivity contribution is -0.220. The van der Waals surface area contributed by atoms with E-state index in [1.54, 1.807) is 13.8 Å². The van der Waals surface area contributed by atoms with Gasteiger partial charge < -0.3 is 14.2 Å². The summed E-state index contributed by atoms with van der Waals surface area (Å²) < 4.78 is 52.9. The first kappa shape index (κ1) is 20.5. The van der Waals surface area contributed by atoms with E-state index in [1.807, 2.05) is 6.92 Å². The fourth-order valence-electron chi connectivity index (χ4n) is 2.91. The molecule has 9 heteroatoms. The molecule has 0 aromatic carbocycles. The van der Waals surface area contributed by atoms with Gasteiger partial charge in [-0.05, 0) is 27.2 Å². The van der Waals surface area contributed by atoms with E-state index in [-0.39, 0.29) is 12.8 Å². The Labute approximate surface area is 149 Å². The zero-order valence-corrected chi connectivity index (χ0v) is 15.1. The molecule has 1 aliphatic carbocycles. The van der Waals surface area contributed by atoms with Gasteiger partial charge in [-0.25, -0.2) is 0 Å². The number of carbonyl (C=O) groups is 3. The van der Waals surface area contributed by atoms with Crippen molar-refractivity contribution >= 4 is 17.9 Å². The van der Waals surface area contributed by atoms with Crippen molar-refractivity contribution in [3.63, 3.8) is 0 Å². The number of halogens is 3. The van der Waals surface area contributed by atoms with E-state index in [9.17, 15) is 27.6 Å². The normalized spacial score (nSPS) is 29.7. The van der Waals surface area contributed by atoms with Crippen LogP contribution < -0.4 is 0 Å². The van der Waals surface area contributed by atoms with Crippen LogP contribution in [0.2, 0.25) is 0 Å². The smallest absolute Gasteiger partial charge is 0.425 e. The highest BCUT2D eigenvalue weighted by Crippen LogP contribution is 2.42. The second-order valence-corrected chi connectivity index (χ2v) is 7.46. The average molecular weight is 380 g/mol. The fraction of sp³-hybridized carbons (Fsp3) is 0.824. The van der Waals surface area contributed by atoms with Crippen LogP contribution in [-0.4, -0.2) is 42.4 Å². The second-order valence-electron chi connectivity index (χ2n) is 7.46. The van der Waals surface area contributed by atoms with Crippen molar-refractivity contribution in [2.45, 2.75) is 71.4 Å². The minimum Gasteiger partial charge on any atom is -0.458 e. The lowest BCUT2D eigenvalue weighted by Crippen LogP contribution is -2.44. The largest absolute Gasteiger partial charge is 0.458 e. The Bertz CT molecular complexity index is 586. The van der Waals surface area contributed by atoms with Crippen LogP contribution in [0.3, 0.4) is 0 Å². The molecule has 0 amide bonds. The Kier molecular flexibility index (Phi) is 5.58. The second kappa shape index (κ2) is 7.08. The summed E-state index contributed by atoms with van der Waals surface area (Å²) in [6, 6.07) is 0. The third-order valence-electron chi connectivity index (χ3n) is 5.19. The van der Waals surface area contributed by atoms with Crippen LogP contribution in [0.15, 0.2) is 0 Å². The number of fused-ring (bicyclic) bond motifs is 2. The quantitative estimate of drug-likeness (QED) is 0.539. The maximum atomic E-state index is 12.6. The number of alkyl halides is 3. The molecule has 2 rings (SSSR count). The van der Waals surface area contributed by atoms with E-state index in [0.717, 1.165) is 6.92 Å². The monoisotopic (exact) mass is 380 g/mol. The van der Waals surface area contributed by atoms with E-state index in [4.69, 9.17) is 9.47 Å². The highest BCUT2D eigenvalue weighted by atomic mass is 19.4. The minimum atomic E-state index is -4.69. The van der Waals surface area contributed by atoms with Gasteiger partial charge in [0.25, 0.3) is 0 Å². The van der Waals surface area contributed by atoms with Crippen LogP contribution in [0, 0.1) is 17.3 Å². The summed E-state index contributed by atoms with van der Waals surface area (Å²) in [5.41, 5.74) is -0.764. The number of hydrogen-bond donors (Lipinski definition) is 0. The van der Waals surface area contributed by atoms with Gasteiger partial charge in [-0.15, -0.1) is 0 Å². The Balaban J connectivity index is 2.12. The number of esters is 3. The summed E-state index contributed by atoms with van der Waals surface area (Å²) >= 11 is 0. The molecule has 1 saturated carbocycles. The van der Waals surface area contributed by atoms with Gasteiger partial charge in [0.15, 0.2) is 6.10 Å². The summed E-state index contributed by atoms with van der Waals surface area (Å²) in [6.45, 7) is 5.92. The SMILES string of the molecule is CCC(C)(C)C(=O)OC1CC(C(=O)OC(C)C(F)(F)F)C2CC1OC2=O. The molecule has 0 spiro atoms. The molecule has 0 N–H and O–H groups in total. The maximum Gasteiger partial charge on any atom is 0.425 e. The molecule has 0 aromatic heterocycles. The van der Waals surface area contributed by atoms with E-state index < -0.39 is 59.6 Å². The van der Waals surface area contributed by atoms with Gasteiger partial charge >= 0.3 is 24.1 Å². The van der Waals surface area contributed by atoms with Crippen molar-refractivity contribution in [2.75, 3.05) is 0 Å². The number of ether oxygens (including phenoxy) is 3. The first-order valence-electron chi connectivity index (χ1n) is 8.55. The Morgan fingerprint density at radius 3 is 2.42 bits per heavy atom. The highest BCUT2D eigenvalue weighted by molar-refractivity contribution is 5.84. The molecule has 1 saturated heterocycles. The number of carbonyl (C=O) groups excluding carboxylic acids is 3. The third kappa shape index (κ3) is 4.12. The molecule has 2 fully saturated rings. The summed E-state index contributed by atoms with van der Waals surface area (Å²) in [7, 11) is 0. The molecule has 2 bridgehead atoms. The molecule has 5 atom stereocenters. The van der Waals surface area contributed by atoms with Gasteiger partial charge in [-0.3, -0.25) is 14.4 Å². The molecular weight excluding hydrogens is 357 g/mol. The van der Waals surface area contributed by atoms with Crippen molar-refractivity contribution in [3.8, 4) is 0 Å². The standard InChI is InChI=1S/C17H23F3O6/c1-5-16(3,4)15(23)26-12-7-9(10-6-11(12)25-14(10)22)13(21)24-8(2)17(18,19)20/h8-12H,5-7H2,1-4H3. The van der Waals surface area contributed by atoms with E-state index in [2.05, 4.69) is 4.74 Å². The fourth-order valence-corrected chi connectivity index (χ4v) is 2.91. The third-order valence-corrected chi connectivity index (χ3v) is 5.19. The van der Waals surface area contributed by atoms with Crippen molar-refractivity contribution in [1.29, 1.82) is 0 Å². The number of rotatable bonds is 5. The molecular formula is C17H23F3O6. The van der Waals surface area contributed by atoms with Crippen LogP contribution in [0.25, 0.3) is 0 Å². The molecule has 1 aliphatic heterocycles. The Morgan fingerprint density at radius 1 is 1.27 bits per heavy atom. The van der Waals surface area contributed by atoms with Gasteiger partial charge in [0.05, 0.1) is 17.3 Å². The van der Waals surface area contributed by atoms with E-state index >= 15 is 0 Å². The van der Waals surface area contributed by atoms with Crippen molar-refractivity contribution in [1.82, 2.24) is 0 Å². The molecule has 0 radical (unpaired) electrons. The van der Waals surface area contributed by atoms with Crippen molar-refractivity contribution in [3.05, 3.63) is 0 Å². The zero-order chi connectivity index (χ0) is 19.9. The van der Waals surface area contributed by atoms with Crippen LogP contribution in [0.4, 0.5) is 13.2 Å². The first-order chi connectivity index (χ1) is 11.9. The average Bonchev–Trinajstić information content (AvgIpc) is 2.86. The van der Waals surface area contributed by atoms with Gasteiger partial charge in [0.2, 0.25) is 0 Å². The van der Waals surface area contributed by atoms with Crippen LogP contribution in [-0.2, 0) is 28.6 Å². The molecule has 0 aromatic rings. The molecule has 2 aliphatic rings. The van der Waals surface area contributed by atoms with E-state index in [1.165, 1.54) is 0 Å². The Morgan fingerprint density at radius 2 is 1.88 bits per heavy atom. The van der Waals surface area contributed by atoms with Crippen molar-refractivity contribution < 1.29 is 41.8 Å². The minimum absolute atomic E-state index is 0.101. The first-order valence-corrected chi connectivity index (χ1v) is 8.55. The maximum absolute atomic E-state index is 12.6. The predicted molar refractivity (Wildman–Crippen MR) is 81.7 cm³/mol. The summed E-state index contributed by atoms with van der Waals surface area (Å²) in [5.74, 6) is -4.32. The van der Waals surface area contributed by atoms with E-state index in [0.29, 0.717) is 6.42 Å². The summed E-state index contributed by atoms with van der Waals surface area (Å²) in [5, 5.41) is 0. The summed E-state index contributed by atoms with van der Waals surface area (Å²) in [4.78, 5) is 36.4. The number of hydrogen-bond acceptors (Lipinski definition) is 6. The lowest BCUT2D eigenvalue weighted by atomic mass is 9.78. The van der Waals surface area contributed by atoms with Gasteiger partial charge in [0.1, 0.15) is 12.2 Å². The van der Waals surface area contributed by atoms with Gasteiger partial charge in [-0.1, -0.05) is 6.92 Å². The summed E-state index contributed by atoms with van der Waals surface area (Å²) in [6.07, 6.45) is -8.02. The molecule has 1 heterocycles.